The first-order valence-electron chi connectivity index (χ1n) is 10.4. The predicted molar refractivity (Wildman–Crippen MR) is 121 cm³/mol. The molecule has 1 amide bonds. The molecule has 2 atom stereocenters. The average Bonchev–Trinajstić information content (AvgIpc) is 2.73. The van der Waals surface area contributed by atoms with Gasteiger partial charge >= 0.3 is 0 Å². The van der Waals surface area contributed by atoms with E-state index in [0.29, 0.717) is 35.8 Å². The second-order valence-corrected chi connectivity index (χ2v) is 10.2. The number of benzene rings is 2. The Morgan fingerprint density at radius 1 is 1.06 bits per heavy atom. The largest absolute Gasteiger partial charge is 0.338 e. The van der Waals surface area contributed by atoms with Gasteiger partial charge in [-0.2, -0.15) is 0 Å². The minimum atomic E-state index is -4.00. The van der Waals surface area contributed by atoms with Crippen molar-refractivity contribution in [1.82, 2.24) is 9.88 Å². The summed E-state index contributed by atoms with van der Waals surface area (Å²) >= 11 is 0. The second-order valence-electron chi connectivity index (χ2n) is 8.52. The maximum atomic E-state index is 13.3. The van der Waals surface area contributed by atoms with Crippen molar-refractivity contribution in [2.24, 2.45) is 11.8 Å². The fourth-order valence-electron chi connectivity index (χ4n) is 4.31. The Labute approximate surface area is 185 Å². The molecule has 7 nitrogen and oxygen atoms in total. The highest BCUT2D eigenvalue weighted by Gasteiger charge is 2.28. The summed E-state index contributed by atoms with van der Waals surface area (Å²) in [6, 6.07) is 10.4. The summed E-state index contributed by atoms with van der Waals surface area (Å²) in [4.78, 5) is 29.8. The van der Waals surface area contributed by atoms with Gasteiger partial charge in [0, 0.05) is 35.7 Å². The van der Waals surface area contributed by atoms with Crippen LogP contribution in [0.3, 0.4) is 0 Å². The molecule has 0 aliphatic carbocycles. The van der Waals surface area contributed by atoms with Crippen LogP contribution in [-0.2, 0) is 10.0 Å². The van der Waals surface area contributed by atoms with Crippen molar-refractivity contribution in [1.29, 1.82) is 0 Å². The fraction of sp³-hybridized carbons (Fsp3) is 0.304. The number of fused-ring (bicyclic) bond motifs is 1. The number of rotatable bonds is 4. The van der Waals surface area contributed by atoms with Gasteiger partial charge in [-0.3, -0.25) is 14.3 Å². The van der Waals surface area contributed by atoms with Crippen LogP contribution in [0.1, 0.15) is 30.6 Å². The van der Waals surface area contributed by atoms with Crippen molar-refractivity contribution in [3.63, 3.8) is 0 Å². The highest BCUT2D eigenvalue weighted by molar-refractivity contribution is 7.92. The van der Waals surface area contributed by atoms with Crippen molar-refractivity contribution in [3.8, 4) is 0 Å². The van der Waals surface area contributed by atoms with E-state index in [1.165, 1.54) is 36.4 Å². The van der Waals surface area contributed by atoms with Crippen molar-refractivity contribution in [3.05, 3.63) is 70.3 Å². The molecule has 1 aromatic heterocycles. The first-order valence-corrected chi connectivity index (χ1v) is 11.9. The van der Waals surface area contributed by atoms with Crippen LogP contribution in [0.4, 0.5) is 10.1 Å². The van der Waals surface area contributed by atoms with E-state index in [1.807, 2.05) is 0 Å². The quantitative estimate of drug-likeness (QED) is 0.625. The lowest BCUT2D eigenvalue weighted by Crippen LogP contribution is -2.42. The van der Waals surface area contributed by atoms with Gasteiger partial charge in [-0.05, 0) is 60.7 Å². The third-order valence-electron chi connectivity index (χ3n) is 5.61. The van der Waals surface area contributed by atoms with Crippen molar-refractivity contribution in [2.75, 3.05) is 17.8 Å². The number of halogens is 1. The van der Waals surface area contributed by atoms with Crippen LogP contribution in [0.25, 0.3) is 10.9 Å². The zero-order chi connectivity index (χ0) is 23.0. The lowest BCUT2D eigenvalue weighted by atomic mass is 9.91. The molecule has 168 valence electrons. The van der Waals surface area contributed by atoms with E-state index in [1.54, 1.807) is 4.90 Å². The summed E-state index contributed by atoms with van der Waals surface area (Å²) in [5.74, 6) is -0.0914. The molecular formula is C23H24FN3O4S. The molecule has 0 bridgehead atoms. The Morgan fingerprint density at radius 3 is 2.38 bits per heavy atom. The number of likely N-dealkylation sites (tertiary alicyclic amines) is 1. The Bertz CT molecular complexity index is 1330. The molecule has 2 heterocycles. The first-order chi connectivity index (χ1) is 15.1. The minimum Gasteiger partial charge on any atom is -0.338 e. The number of pyridine rings is 1. The summed E-state index contributed by atoms with van der Waals surface area (Å²) in [5, 5.41) is 0.350. The number of hydrogen-bond donors (Lipinski definition) is 2. The van der Waals surface area contributed by atoms with Crippen LogP contribution in [0.15, 0.2) is 58.2 Å². The predicted octanol–water partition coefficient (Wildman–Crippen LogP) is 3.59. The van der Waals surface area contributed by atoms with Gasteiger partial charge in [0.25, 0.3) is 15.9 Å². The Hall–Kier alpha value is -3.20. The molecule has 4 rings (SSSR count). The molecule has 1 fully saturated rings. The van der Waals surface area contributed by atoms with E-state index >= 15 is 0 Å². The molecule has 0 radical (unpaired) electrons. The maximum absolute atomic E-state index is 13.3. The minimum absolute atomic E-state index is 0.0733. The van der Waals surface area contributed by atoms with Gasteiger partial charge in [0.15, 0.2) is 0 Å². The molecule has 1 aliphatic heterocycles. The van der Waals surface area contributed by atoms with Gasteiger partial charge in [-0.1, -0.05) is 13.8 Å². The topological polar surface area (TPSA) is 99.3 Å². The van der Waals surface area contributed by atoms with Crippen molar-refractivity contribution in [2.45, 2.75) is 25.2 Å². The van der Waals surface area contributed by atoms with Crippen molar-refractivity contribution < 1.29 is 17.6 Å². The normalized spacial score (nSPS) is 19.2. The van der Waals surface area contributed by atoms with Crippen LogP contribution < -0.4 is 10.3 Å². The zero-order valence-electron chi connectivity index (χ0n) is 17.8. The molecule has 0 saturated carbocycles. The van der Waals surface area contributed by atoms with Gasteiger partial charge in [-0.15, -0.1) is 0 Å². The van der Waals surface area contributed by atoms with Crippen LogP contribution in [-0.4, -0.2) is 37.3 Å². The number of carbonyl (C=O) groups excluding carboxylic acids is 1. The Balaban J connectivity index is 1.74. The Morgan fingerprint density at radius 2 is 1.72 bits per heavy atom. The molecule has 9 heteroatoms. The van der Waals surface area contributed by atoms with E-state index in [-0.39, 0.29) is 22.1 Å². The van der Waals surface area contributed by atoms with Gasteiger partial charge in [0.1, 0.15) is 5.82 Å². The molecule has 2 unspecified atom stereocenters. The number of H-pyrrole nitrogens is 1. The number of hydrogen-bond acceptors (Lipinski definition) is 4. The number of amides is 1. The average molecular weight is 458 g/mol. The van der Waals surface area contributed by atoms with E-state index in [9.17, 15) is 22.4 Å². The third kappa shape index (κ3) is 4.52. The number of anilines is 1. The molecular weight excluding hydrogens is 433 g/mol. The van der Waals surface area contributed by atoms with Crippen LogP contribution in [0, 0.1) is 17.7 Å². The highest BCUT2D eigenvalue weighted by atomic mass is 32.2. The molecule has 2 aromatic carbocycles. The SMILES string of the molecule is CC1CC(C)CN(C(=O)c2cc(=O)[nH]c3ccc(S(=O)(=O)Nc4ccc(F)cc4)cc23)C1. The number of nitrogens with one attached hydrogen (secondary N) is 2. The van der Waals surface area contributed by atoms with Gasteiger partial charge in [0.2, 0.25) is 5.56 Å². The van der Waals surface area contributed by atoms with Crippen LogP contribution in [0.5, 0.6) is 0 Å². The number of piperidine rings is 1. The first kappa shape index (κ1) is 22.0. The van der Waals surface area contributed by atoms with Crippen LogP contribution >= 0.6 is 0 Å². The number of aromatic nitrogens is 1. The van der Waals surface area contributed by atoms with E-state index in [2.05, 4.69) is 23.6 Å². The van der Waals surface area contributed by atoms with Crippen LogP contribution in [0.2, 0.25) is 0 Å². The summed E-state index contributed by atoms with van der Waals surface area (Å²) in [5.41, 5.74) is 0.322. The summed E-state index contributed by atoms with van der Waals surface area (Å²) in [7, 11) is -4.00. The standard InChI is InChI=1S/C23H24FN3O4S/c1-14-9-15(2)13-27(12-14)23(29)20-11-22(28)25-21-8-7-18(10-19(20)21)32(30,31)26-17-5-3-16(24)4-6-17/h3-8,10-11,14-15,26H,9,12-13H2,1-2H3,(H,25,28). The lowest BCUT2D eigenvalue weighted by Gasteiger charge is -2.35. The Kier molecular flexibility index (Phi) is 5.77. The van der Waals surface area contributed by atoms with Gasteiger partial charge < -0.3 is 9.88 Å². The highest BCUT2D eigenvalue weighted by Crippen LogP contribution is 2.26. The number of sulfonamides is 1. The van der Waals surface area contributed by atoms with E-state index < -0.39 is 21.4 Å². The molecule has 32 heavy (non-hydrogen) atoms. The van der Waals surface area contributed by atoms with Crippen molar-refractivity contribution >= 4 is 32.5 Å². The monoisotopic (exact) mass is 457 g/mol. The van der Waals surface area contributed by atoms with Gasteiger partial charge in [-0.25, -0.2) is 12.8 Å². The van der Waals surface area contributed by atoms with E-state index in [4.69, 9.17) is 0 Å². The molecule has 2 N–H and O–H groups in total. The summed E-state index contributed by atoms with van der Waals surface area (Å²) in [6.07, 6.45) is 1.03. The number of nitrogens with zero attached hydrogens (tertiary/aromatic N) is 1. The summed E-state index contributed by atoms with van der Waals surface area (Å²) in [6.45, 7) is 5.33. The smallest absolute Gasteiger partial charge is 0.261 e. The third-order valence-corrected chi connectivity index (χ3v) is 6.99. The maximum Gasteiger partial charge on any atom is 0.261 e. The lowest BCUT2D eigenvalue weighted by molar-refractivity contribution is 0.0625. The summed E-state index contributed by atoms with van der Waals surface area (Å²) < 4.78 is 41.3. The van der Waals surface area contributed by atoms with E-state index in [0.717, 1.165) is 18.6 Å². The second kappa shape index (κ2) is 8.38. The zero-order valence-corrected chi connectivity index (χ0v) is 18.6. The fourth-order valence-corrected chi connectivity index (χ4v) is 5.39. The number of aromatic amines is 1. The van der Waals surface area contributed by atoms with Gasteiger partial charge in [0.05, 0.1) is 10.5 Å². The molecule has 1 saturated heterocycles. The molecule has 3 aromatic rings. The number of carbonyl (C=O) groups is 1. The molecule has 0 spiro atoms. The molecule has 1 aliphatic rings.